The largest absolute Gasteiger partial charge is 0.363 e. The quantitative estimate of drug-likeness (QED) is 0.261. The van der Waals surface area contributed by atoms with Gasteiger partial charge in [0, 0.05) is 45.8 Å². The standard InChI is InChI=1S/C20H36N6S.HI/c1-21-20(22-9-4-11-25-12-5-10-24(2)15-16-25)23-18-7-13-26(14-8-18)19-6-3-17-27-19;/h3,6,17-18H,4-5,7-16H2,1-2H3,(H2,21,22,23);1H. The van der Waals surface area contributed by atoms with Crippen LogP contribution in [0.1, 0.15) is 25.7 Å². The van der Waals surface area contributed by atoms with Crippen molar-refractivity contribution >= 4 is 46.3 Å². The average molecular weight is 521 g/mol. The molecule has 6 nitrogen and oxygen atoms in total. The summed E-state index contributed by atoms with van der Waals surface area (Å²) in [6.45, 7) is 9.28. The van der Waals surface area contributed by atoms with Gasteiger partial charge < -0.3 is 25.3 Å². The van der Waals surface area contributed by atoms with E-state index in [-0.39, 0.29) is 24.0 Å². The summed E-state index contributed by atoms with van der Waals surface area (Å²) in [5.74, 6) is 0.958. The van der Waals surface area contributed by atoms with E-state index in [0.29, 0.717) is 6.04 Å². The summed E-state index contributed by atoms with van der Waals surface area (Å²) in [7, 11) is 4.10. The van der Waals surface area contributed by atoms with E-state index < -0.39 is 0 Å². The number of rotatable bonds is 6. The van der Waals surface area contributed by atoms with E-state index in [4.69, 9.17) is 0 Å². The highest BCUT2D eigenvalue weighted by Crippen LogP contribution is 2.24. The maximum absolute atomic E-state index is 4.42. The van der Waals surface area contributed by atoms with Crippen molar-refractivity contribution in [2.75, 3.05) is 71.4 Å². The van der Waals surface area contributed by atoms with Crippen LogP contribution in [0.3, 0.4) is 0 Å². The molecular formula is C20H37IN6S. The summed E-state index contributed by atoms with van der Waals surface area (Å²) in [5, 5.41) is 10.7. The number of guanidine groups is 1. The lowest BCUT2D eigenvalue weighted by Crippen LogP contribution is -2.49. The van der Waals surface area contributed by atoms with Gasteiger partial charge in [-0.05, 0) is 69.9 Å². The van der Waals surface area contributed by atoms with Crippen LogP contribution < -0.4 is 15.5 Å². The molecule has 2 N–H and O–H groups in total. The molecule has 160 valence electrons. The second-order valence-corrected chi connectivity index (χ2v) is 8.63. The molecule has 0 aromatic carbocycles. The Balaban J connectivity index is 0.00000280. The summed E-state index contributed by atoms with van der Waals surface area (Å²) in [5.41, 5.74) is 0. The van der Waals surface area contributed by atoms with Gasteiger partial charge in [-0.3, -0.25) is 4.99 Å². The van der Waals surface area contributed by atoms with Crippen molar-refractivity contribution in [1.82, 2.24) is 20.4 Å². The first-order chi connectivity index (χ1) is 13.2. The molecule has 0 amide bonds. The number of thiophene rings is 1. The summed E-state index contributed by atoms with van der Waals surface area (Å²) in [6.07, 6.45) is 4.79. The van der Waals surface area contributed by atoms with E-state index in [9.17, 15) is 0 Å². The van der Waals surface area contributed by atoms with E-state index in [1.54, 1.807) is 0 Å². The summed E-state index contributed by atoms with van der Waals surface area (Å²) < 4.78 is 0. The minimum Gasteiger partial charge on any atom is -0.363 e. The summed E-state index contributed by atoms with van der Waals surface area (Å²) in [6, 6.07) is 4.88. The second kappa shape index (κ2) is 12.9. The smallest absolute Gasteiger partial charge is 0.191 e. The lowest BCUT2D eigenvalue weighted by molar-refractivity contribution is 0.273. The number of anilines is 1. The molecule has 1 aromatic rings. The molecule has 2 aliphatic rings. The van der Waals surface area contributed by atoms with Crippen LogP contribution in [0.2, 0.25) is 0 Å². The van der Waals surface area contributed by atoms with Gasteiger partial charge in [-0.1, -0.05) is 0 Å². The van der Waals surface area contributed by atoms with Crippen molar-refractivity contribution in [3.05, 3.63) is 17.5 Å². The number of halogens is 1. The highest BCUT2D eigenvalue weighted by molar-refractivity contribution is 14.0. The highest BCUT2D eigenvalue weighted by Gasteiger charge is 2.20. The molecule has 3 rings (SSSR count). The van der Waals surface area contributed by atoms with Crippen LogP contribution in [0.25, 0.3) is 0 Å². The third kappa shape index (κ3) is 7.68. The SMILES string of the molecule is CN=C(NCCCN1CCCN(C)CC1)NC1CCN(c2cccs2)CC1.I. The number of hydrogen-bond donors (Lipinski definition) is 2. The lowest BCUT2D eigenvalue weighted by Gasteiger charge is -2.33. The zero-order valence-corrected chi connectivity index (χ0v) is 20.5. The van der Waals surface area contributed by atoms with Crippen molar-refractivity contribution in [2.45, 2.75) is 31.7 Å². The number of likely N-dealkylation sites (N-methyl/N-ethyl adjacent to an activating group) is 1. The van der Waals surface area contributed by atoms with E-state index in [0.717, 1.165) is 25.6 Å². The third-order valence-electron chi connectivity index (χ3n) is 5.63. The normalized spacial score (nSPS) is 20.5. The topological polar surface area (TPSA) is 46.1 Å². The predicted molar refractivity (Wildman–Crippen MR) is 133 cm³/mol. The van der Waals surface area contributed by atoms with Gasteiger partial charge in [0.1, 0.15) is 0 Å². The number of aliphatic imine (C=N–C) groups is 1. The van der Waals surface area contributed by atoms with Crippen molar-refractivity contribution in [3.8, 4) is 0 Å². The Morgan fingerprint density at radius 1 is 1.18 bits per heavy atom. The number of nitrogens with one attached hydrogen (secondary N) is 2. The molecule has 1 aromatic heterocycles. The van der Waals surface area contributed by atoms with E-state index >= 15 is 0 Å². The Kier molecular flexibility index (Phi) is 10.9. The molecule has 0 radical (unpaired) electrons. The summed E-state index contributed by atoms with van der Waals surface area (Å²) >= 11 is 1.84. The molecule has 0 bridgehead atoms. The Hall–Kier alpha value is -0.580. The molecule has 0 unspecified atom stereocenters. The number of nitrogens with zero attached hydrogens (tertiary/aromatic N) is 4. The molecule has 0 aliphatic carbocycles. The van der Waals surface area contributed by atoms with Crippen LogP contribution in [0.5, 0.6) is 0 Å². The minimum absolute atomic E-state index is 0. The number of piperidine rings is 1. The molecule has 28 heavy (non-hydrogen) atoms. The Labute approximate surface area is 191 Å². The minimum atomic E-state index is 0. The molecule has 0 saturated carbocycles. The average Bonchev–Trinajstić information content (AvgIpc) is 3.15. The first-order valence-electron chi connectivity index (χ1n) is 10.4. The van der Waals surface area contributed by atoms with E-state index in [1.165, 1.54) is 63.4 Å². The van der Waals surface area contributed by atoms with Crippen LogP contribution in [0.15, 0.2) is 22.5 Å². The van der Waals surface area contributed by atoms with Crippen LogP contribution >= 0.6 is 35.3 Å². The molecule has 8 heteroatoms. The van der Waals surface area contributed by atoms with Crippen LogP contribution in [0.4, 0.5) is 5.00 Å². The van der Waals surface area contributed by atoms with Gasteiger partial charge in [-0.15, -0.1) is 35.3 Å². The van der Waals surface area contributed by atoms with Crippen LogP contribution in [0, 0.1) is 0 Å². The van der Waals surface area contributed by atoms with E-state index in [1.807, 2.05) is 18.4 Å². The third-order valence-corrected chi connectivity index (χ3v) is 6.56. The van der Waals surface area contributed by atoms with Crippen molar-refractivity contribution in [3.63, 3.8) is 0 Å². The van der Waals surface area contributed by atoms with Gasteiger partial charge in [0.2, 0.25) is 0 Å². The zero-order valence-electron chi connectivity index (χ0n) is 17.4. The van der Waals surface area contributed by atoms with Crippen molar-refractivity contribution in [2.24, 2.45) is 4.99 Å². The predicted octanol–water partition coefficient (Wildman–Crippen LogP) is 2.53. The molecule has 2 aliphatic heterocycles. The molecule has 3 heterocycles. The van der Waals surface area contributed by atoms with Gasteiger partial charge in [-0.2, -0.15) is 0 Å². The molecule has 0 atom stereocenters. The summed E-state index contributed by atoms with van der Waals surface area (Å²) in [4.78, 5) is 12.0. The number of hydrogen-bond acceptors (Lipinski definition) is 5. The Bertz CT molecular complexity index is 559. The van der Waals surface area contributed by atoms with Gasteiger partial charge >= 0.3 is 0 Å². The van der Waals surface area contributed by atoms with Crippen LogP contribution in [-0.4, -0.2) is 88.3 Å². The first kappa shape index (κ1) is 23.7. The zero-order chi connectivity index (χ0) is 18.9. The molecule has 2 fully saturated rings. The van der Waals surface area contributed by atoms with Gasteiger partial charge in [0.05, 0.1) is 5.00 Å². The van der Waals surface area contributed by atoms with Crippen LogP contribution in [-0.2, 0) is 0 Å². The lowest BCUT2D eigenvalue weighted by atomic mass is 10.1. The fourth-order valence-corrected chi connectivity index (χ4v) is 4.70. The van der Waals surface area contributed by atoms with Gasteiger partial charge in [-0.25, -0.2) is 0 Å². The maximum Gasteiger partial charge on any atom is 0.191 e. The fraction of sp³-hybridized carbons (Fsp3) is 0.750. The maximum atomic E-state index is 4.42. The first-order valence-corrected chi connectivity index (χ1v) is 11.3. The fourth-order valence-electron chi connectivity index (χ4n) is 3.92. The van der Waals surface area contributed by atoms with Crippen molar-refractivity contribution in [1.29, 1.82) is 0 Å². The molecular weight excluding hydrogens is 483 g/mol. The molecule has 0 spiro atoms. The van der Waals surface area contributed by atoms with Gasteiger partial charge in [0.25, 0.3) is 0 Å². The second-order valence-electron chi connectivity index (χ2n) is 7.71. The monoisotopic (exact) mass is 520 g/mol. The van der Waals surface area contributed by atoms with E-state index in [2.05, 4.69) is 54.9 Å². The van der Waals surface area contributed by atoms with Crippen molar-refractivity contribution < 1.29 is 0 Å². The molecule has 2 saturated heterocycles. The Morgan fingerprint density at radius 3 is 2.71 bits per heavy atom. The Morgan fingerprint density at radius 2 is 2.00 bits per heavy atom. The highest BCUT2D eigenvalue weighted by atomic mass is 127. The van der Waals surface area contributed by atoms with Gasteiger partial charge in [0.15, 0.2) is 5.96 Å².